The Bertz CT molecular complexity index is 944. The molecule has 9 heteroatoms. The van der Waals surface area contributed by atoms with Gasteiger partial charge < -0.3 is 19.9 Å². The Balaban J connectivity index is 1.25. The predicted octanol–water partition coefficient (Wildman–Crippen LogP) is 3.72. The molecular formula is C25H35N5O4. The average Bonchev–Trinajstić information content (AvgIpc) is 3.46. The minimum Gasteiger partial charge on any atom is -0.474 e. The summed E-state index contributed by atoms with van der Waals surface area (Å²) in [6.07, 6.45) is 13.1. The molecule has 2 N–H and O–H groups in total. The van der Waals surface area contributed by atoms with Crippen LogP contribution in [0.3, 0.4) is 0 Å². The molecule has 0 unspecified atom stereocenters. The maximum absolute atomic E-state index is 12.3. The van der Waals surface area contributed by atoms with Crippen molar-refractivity contribution < 1.29 is 18.8 Å². The zero-order valence-electron chi connectivity index (χ0n) is 20.0. The van der Waals surface area contributed by atoms with Gasteiger partial charge in [0.05, 0.1) is 0 Å². The molecule has 9 nitrogen and oxygen atoms in total. The second-order valence-electron chi connectivity index (χ2n) is 9.49. The third-order valence-electron chi connectivity index (χ3n) is 6.71. The van der Waals surface area contributed by atoms with E-state index in [-0.39, 0.29) is 24.3 Å². The first-order chi connectivity index (χ1) is 16.5. The van der Waals surface area contributed by atoms with Crippen LogP contribution in [0.1, 0.15) is 94.8 Å². The van der Waals surface area contributed by atoms with Gasteiger partial charge in [0, 0.05) is 38.6 Å². The summed E-state index contributed by atoms with van der Waals surface area (Å²) in [6, 6.07) is 3.79. The molecule has 0 bridgehead atoms. The molecule has 2 aliphatic carbocycles. The molecule has 2 aromatic heterocycles. The molecule has 0 radical (unpaired) electrons. The Hall–Kier alpha value is -2.97. The fourth-order valence-electron chi connectivity index (χ4n) is 4.90. The summed E-state index contributed by atoms with van der Waals surface area (Å²) in [5.74, 6) is 1.37. The van der Waals surface area contributed by atoms with Crippen LogP contribution < -0.4 is 15.4 Å². The quantitative estimate of drug-likeness (QED) is 0.537. The number of rotatable bonds is 9. The van der Waals surface area contributed by atoms with E-state index >= 15 is 0 Å². The van der Waals surface area contributed by atoms with Crippen molar-refractivity contribution in [2.24, 2.45) is 0 Å². The van der Waals surface area contributed by atoms with Gasteiger partial charge in [-0.3, -0.25) is 9.59 Å². The van der Waals surface area contributed by atoms with Crippen LogP contribution >= 0.6 is 0 Å². The molecule has 2 heterocycles. The van der Waals surface area contributed by atoms with Crippen LogP contribution in [-0.4, -0.2) is 33.0 Å². The summed E-state index contributed by atoms with van der Waals surface area (Å²) in [4.78, 5) is 33.1. The number of pyridine rings is 1. The molecule has 0 spiro atoms. The lowest BCUT2D eigenvalue weighted by Crippen LogP contribution is -2.45. The molecule has 2 aromatic rings. The lowest BCUT2D eigenvalue weighted by molar-refractivity contribution is -0.122. The lowest BCUT2D eigenvalue weighted by Gasteiger charge is -2.30. The van der Waals surface area contributed by atoms with Crippen molar-refractivity contribution in [3.63, 3.8) is 0 Å². The van der Waals surface area contributed by atoms with Gasteiger partial charge in [0.1, 0.15) is 11.6 Å². The second-order valence-corrected chi connectivity index (χ2v) is 9.49. The van der Waals surface area contributed by atoms with Crippen molar-refractivity contribution in [3.05, 3.63) is 35.6 Å². The zero-order chi connectivity index (χ0) is 23.8. The second kappa shape index (κ2) is 11.4. The molecular weight excluding hydrogens is 434 g/mol. The van der Waals surface area contributed by atoms with Crippen molar-refractivity contribution >= 4 is 11.8 Å². The van der Waals surface area contributed by atoms with E-state index in [9.17, 15) is 9.59 Å². The number of carbonyl (C=O) groups excluding carboxylic acids is 2. The number of nitrogens with zero attached hydrogens (tertiary/aromatic N) is 3. The smallest absolute Gasteiger partial charge is 0.227 e. The highest BCUT2D eigenvalue weighted by Gasteiger charge is 2.38. The number of nitrogens with one attached hydrogen (secondary N) is 2. The Morgan fingerprint density at radius 2 is 1.88 bits per heavy atom. The molecule has 0 aliphatic heterocycles. The Morgan fingerprint density at radius 1 is 1.12 bits per heavy atom. The van der Waals surface area contributed by atoms with Gasteiger partial charge in [-0.25, -0.2) is 4.98 Å². The SMILES string of the molecule is CC(=O)NC1(c2noc(CCC(=O)NCc3ccc(OC4CCCC4)nc3)n2)CCCCCC1. The third kappa shape index (κ3) is 6.55. The Labute approximate surface area is 200 Å². The molecule has 0 aromatic carbocycles. The summed E-state index contributed by atoms with van der Waals surface area (Å²) < 4.78 is 11.3. The van der Waals surface area contributed by atoms with Crippen molar-refractivity contribution in [2.75, 3.05) is 0 Å². The normalized spacial score (nSPS) is 18.3. The van der Waals surface area contributed by atoms with Crippen LogP contribution in [0.25, 0.3) is 0 Å². The maximum atomic E-state index is 12.3. The minimum absolute atomic E-state index is 0.0970. The van der Waals surface area contributed by atoms with E-state index in [2.05, 4.69) is 25.8 Å². The van der Waals surface area contributed by atoms with Crippen LogP contribution in [-0.2, 0) is 28.1 Å². The standard InChI is InChI=1S/C25H35N5O4/c1-18(31)29-25(14-6-2-3-7-15-25)24-28-23(34-30-24)13-11-21(32)26-16-19-10-12-22(27-17-19)33-20-8-4-5-9-20/h10,12,17,20H,2-9,11,13-16H2,1H3,(H,26,32)(H,29,31). The van der Waals surface area contributed by atoms with Crippen LogP contribution in [0.4, 0.5) is 0 Å². The van der Waals surface area contributed by atoms with E-state index in [1.165, 1.54) is 19.8 Å². The van der Waals surface area contributed by atoms with Gasteiger partial charge in [-0.05, 0) is 44.1 Å². The highest BCUT2D eigenvalue weighted by molar-refractivity contribution is 5.76. The molecule has 2 fully saturated rings. The third-order valence-corrected chi connectivity index (χ3v) is 6.71. The molecule has 34 heavy (non-hydrogen) atoms. The van der Waals surface area contributed by atoms with Gasteiger partial charge in [-0.1, -0.05) is 36.9 Å². The van der Waals surface area contributed by atoms with Gasteiger partial charge in [0.15, 0.2) is 5.82 Å². The fraction of sp³-hybridized carbons (Fsp3) is 0.640. The van der Waals surface area contributed by atoms with Crippen LogP contribution in [0, 0.1) is 0 Å². The zero-order valence-corrected chi connectivity index (χ0v) is 20.0. The predicted molar refractivity (Wildman–Crippen MR) is 125 cm³/mol. The van der Waals surface area contributed by atoms with E-state index in [1.807, 2.05) is 12.1 Å². The van der Waals surface area contributed by atoms with Crippen LogP contribution in [0.2, 0.25) is 0 Å². The minimum atomic E-state index is -0.576. The lowest BCUT2D eigenvalue weighted by atomic mass is 9.89. The number of hydrogen-bond donors (Lipinski definition) is 2. The Kier molecular flexibility index (Phi) is 8.13. The summed E-state index contributed by atoms with van der Waals surface area (Å²) in [6.45, 7) is 1.92. The summed E-state index contributed by atoms with van der Waals surface area (Å²) >= 11 is 0. The molecule has 4 rings (SSSR count). The van der Waals surface area contributed by atoms with Crippen molar-refractivity contribution in [1.29, 1.82) is 0 Å². The van der Waals surface area contributed by atoms with Crippen molar-refractivity contribution in [2.45, 2.75) is 102 Å². The van der Waals surface area contributed by atoms with Gasteiger partial charge in [-0.15, -0.1) is 0 Å². The molecule has 2 aliphatic rings. The number of ether oxygens (including phenoxy) is 1. The highest BCUT2D eigenvalue weighted by Crippen LogP contribution is 2.34. The van der Waals surface area contributed by atoms with Crippen LogP contribution in [0.5, 0.6) is 5.88 Å². The number of aromatic nitrogens is 3. The molecule has 2 saturated carbocycles. The van der Waals surface area contributed by atoms with E-state index in [0.29, 0.717) is 30.6 Å². The van der Waals surface area contributed by atoms with Crippen LogP contribution in [0.15, 0.2) is 22.9 Å². The van der Waals surface area contributed by atoms with Gasteiger partial charge in [0.2, 0.25) is 23.6 Å². The number of hydrogen-bond acceptors (Lipinski definition) is 7. The summed E-state index contributed by atoms with van der Waals surface area (Å²) in [5, 5.41) is 10.2. The van der Waals surface area contributed by atoms with E-state index in [0.717, 1.165) is 56.9 Å². The first-order valence-corrected chi connectivity index (χ1v) is 12.5. The number of carbonyl (C=O) groups is 2. The molecule has 184 valence electrons. The number of aryl methyl sites for hydroxylation is 1. The summed E-state index contributed by atoms with van der Waals surface area (Å²) in [5.41, 5.74) is 0.338. The topological polar surface area (TPSA) is 119 Å². The first kappa shape index (κ1) is 24.2. The molecule has 0 saturated heterocycles. The average molecular weight is 470 g/mol. The molecule has 2 amide bonds. The number of amides is 2. The molecule has 0 atom stereocenters. The van der Waals surface area contributed by atoms with E-state index < -0.39 is 5.54 Å². The van der Waals surface area contributed by atoms with Crippen molar-refractivity contribution in [3.8, 4) is 5.88 Å². The first-order valence-electron chi connectivity index (χ1n) is 12.5. The van der Waals surface area contributed by atoms with Gasteiger partial charge in [-0.2, -0.15) is 4.98 Å². The van der Waals surface area contributed by atoms with Crippen molar-refractivity contribution in [1.82, 2.24) is 25.8 Å². The monoisotopic (exact) mass is 469 g/mol. The van der Waals surface area contributed by atoms with E-state index in [4.69, 9.17) is 9.26 Å². The van der Waals surface area contributed by atoms with Gasteiger partial charge >= 0.3 is 0 Å². The Morgan fingerprint density at radius 3 is 2.56 bits per heavy atom. The van der Waals surface area contributed by atoms with E-state index in [1.54, 1.807) is 6.20 Å². The summed E-state index contributed by atoms with van der Waals surface area (Å²) in [7, 11) is 0. The largest absolute Gasteiger partial charge is 0.474 e. The van der Waals surface area contributed by atoms with Gasteiger partial charge in [0.25, 0.3) is 0 Å². The fourth-order valence-corrected chi connectivity index (χ4v) is 4.90. The maximum Gasteiger partial charge on any atom is 0.227 e. The highest BCUT2D eigenvalue weighted by atomic mass is 16.5.